The van der Waals surface area contributed by atoms with Crippen LogP contribution in [0.3, 0.4) is 0 Å². The maximum absolute atomic E-state index is 13.2. The highest BCUT2D eigenvalue weighted by Gasteiger charge is 2.39. The zero-order chi connectivity index (χ0) is 23.2. The van der Waals surface area contributed by atoms with E-state index in [1.165, 1.54) is 0 Å². The molecule has 2 aliphatic rings. The molecule has 0 saturated carbocycles. The molecule has 0 amide bonds. The molecule has 170 valence electrons. The van der Waals surface area contributed by atoms with Crippen molar-refractivity contribution in [3.8, 4) is 11.5 Å². The molecule has 1 atom stereocenters. The standard InChI is InChI=1S/C25H26N4O4/c1-25(2)12-16-21(17(30)13-25)22(14-9-10-19(31-3)20(11-14)32-4)28-23(26-16)29-24-27-15-7-5-6-8-18(15)33-24/h5-11,22H,12-13H2,1-4H3,(H2,26,27,28,29)/t22-/m0/s1. The van der Waals surface area contributed by atoms with E-state index in [1.807, 2.05) is 42.5 Å². The number of ketones is 1. The summed E-state index contributed by atoms with van der Waals surface area (Å²) in [4.78, 5) is 22.5. The van der Waals surface area contributed by atoms with E-state index in [1.54, 1.807) is 14.2 Å². The summed E-state index contributed by atoms with van der Waals surface area (Å²) in [7, 11) is 3.18. The predicted octanol–water partition coefficient (Wildman–Crippen LogP) is 4.60. The number of para-hydroxylation sites is 2. The molecular formula is C25H26N4O4. The lowest BCUT2D eigenvalue weighted by Gasteiger charge is -2.37. The van der Waals surface area contributed by atoms with E-state index in [0.29, 0.717) is 41.1 Å². The highest BCUT2D eigenvalue weighted by Crippen LogP contribution is 2.44. The molecule has 5 rings (SSSR count). The van der Waals surface area contributed by atoms with Gasteiger partial charge in [-0.25, -0.2) is 4.99 Å². The van der Waals surface area contributed by atoms with Crippen LogP contribution in [0.4, 0.5) is 6.01 Å². The summed E-state index contributed by atoms with van der Waals surface area (Å²) in [5.74, 6) is 1.78. The van der Waals surface area contributed by atoms with Crippen molar-refractivity contribution in [2.75, 3.05) is 19.5 Å². The van der Waals surface area contributed by atoms with Crippen LogP contribution >= 0.6 is 0 Å². The molecule has 33 heavy (non-hydrogen) atoms. The predicted molar refractivity (Wildman–Crippen MR) is 126 cm³/mol. The Balaban J connectivity index is 1.56. The number of nitrogens with zero attached hydrogens (tertiary/aromatic N) is 2. The molecule has 8 nitrogen and oxygen atoms in total. The molecule has 8 heteroatoms. The molecule has 0 bridgehead atoms. The first-order valence-electron chi connectivity index (χ1n) is 10.8. The quantitative estimate of drug-likeness (QED) is 0.604. The van der Waals surface area contributed by atoms with Gasteiger partial charge in [-0.2, -0.15) is 4.98 Å². The normalized spacial score (nSPS) is 19.6. The van der Waals surface area contributed by atoms with E-state index in [9.17, 15) is 4.79 Å². The van der Waals surface area contributed by atoms with Gasteiger partial charge in [0.2, 0.25) is 5.96 Å². The molecule has 1 aromatic heterocycles. The highest BCUT2D eigenvalue weighted by atomic mass is 16.5. The molecule has 0 saturated heterocycles. The van der Waals surface area contributed by atoms with E-state index in [4.69, 9.17) is 18.9 Å². The van der Waals surface area contributed by atoms with E-state index in [-0.39, 0.29) is 11.2 Å². The number of allylic oxidation sites excluding steroid dienone is 1. The lowest BCUT2D eigenvalue weighted by molar-refractivity contribution is -0.118. The van der Waals surface area contributed by atoms with Crippen LogP contribution in [0.2, 0.25) is 0 Å². The van der Waals surface area contributed by atoms with Crippen molar-refractivity contribution in [3.63, 3.8) is 0 Å². The van der Waals surface area contributed by atoms with E-state index >= 15 is 0 Å². The molecule has 2 aromatic carbocycles. The Hall–Kier alpha value is -3.81. The van der Waals surface area contributed by atoms with Crippen LogP contribution in [0.5, 0.6) is 11.5 Å². The molecule has 0 fully saturated rings. The van der Waals surface area contributed by atoms with E-state index in [2.05, 4.69) is 29.5 Å². The van der Waals surface area contributed by atoms with Gasteiger partial charge >= 0.3 is 6.01 Å². The number of anilines is 1. The Morgan fingerprint density at radius 1 is 1.09 bits per heavy atom. The summed E-state index contributed by atoms with van der Waals surface area (Å²) < 4.78 is 16.7. The Kier molecular flexibility index (Phi) is 5.08. The second kappa shape index (κ2) is 7.95. The molecule has 1 aliphatic carbocycles. The Labute approximate surface area is 191 Å². The number of oxazole rings is 1. The summed E-state index contributed by atoms with van der Waals surface area (Å²) in [6.07, 6.45) is 1.20. The minimum Gasteiger partial charge on any atom is -0.493 e. The fourth-order valence-electron chi connectivity index (χ4n) is 4.49. The fraction of sp³-hybridized carbons (Fsp3) is 0.320. The Bertz CT molecular complexity index is 1270. The third-order valence-corrected chi connectivity index (χ3v) is 5.96. The number of benzene rings is 2. The number of ether oxygens (including phenoxy) is 2. The van der Waals surface area contributed by atoms with Crippen molar-refractivity contribution >= 4 is 28.9 Å². The summed E-state index contributed by atoms with van der Waals surface area (Å²) >= 11 is 0. The van der Waals surface area contributed by atoms with Crippen molar-refractivity contribution in [2.24, 2.45) is 10.4 Å². The number of methoxy groups -OCH3 is 2. The number of fused-ring (bicyclic) bond motifs is 1. The number of aromatic nitrogens is 1. The summed E-state index contributed by atoms with van der Waals surface area (Å²) in [5, 5.41) is 6.48. The number of carbonyl (C=O) groups is 1. The minimum absolute atomic E-state index is 0.0956. The van der Waals surface area contributed by atoms with Crippen LogP contribution in [-0.4, -0.2) is 30.9 Å². The fourth-order valence-corrected chi connectivity index (χ4v) is 4.49. The molecule has 1 aliphatic heterocycles. The zero-order valence-corrected chi connectivity index (χ0v) is 19.1. The first kappa shape index (κ1) is 21.1. The highest BCUT2D eigenvalue weighted by molar-refractivity contribution is 6.03. The average Bonchev–Trinajstić information content (AvgIpc) is 3.19. The number of rotatable bonds is 4. The average molecular weight is 447 g/mol. The summed E-state index contributed by atoms with van der Waals surface area (Å²) in [6, 6.07) is 13.0. The van der Waals surface area contributed by atoms with Crippen molar-refractivity contribution in [2.45, 2.75) is 32.7 Å². The van der Waals surface area contributed by atoms with Crippen LogP contribution in [0.25, 0.3) is 11.1 Å². The minimum atomic E-state index is -0.489. The number of nitrogens with one attached hydrogen (secondary N) is 2. The van der Waals surface area contributed by atoms with Gasteiger partial charge in [-0.15, -0.1) is 0 Å². The molecule has 0 unspecified atom stereocenters. The van der Waals surface area contributed by atoms with Gasteiger partial charge in [-0.05, 0) is 41.7 Å². The number of Topliss-reactive ketones (excluding diaryl/α,β-unsaturated/α-hetero) is 1. The maximum atomic E-state index is 13.2. The van der Waals surface area contributed by atoms with Crippen LogP contribution in [0.15, 0.2) is 63.1 Å². The molecule has 2 N–H and O–H groups in total. The largest absolute Gasteiger partial charge is 0.493 e. The molecule has 0 radical (unpaired) electrons. The third kappa shape index (κ3) is 3.92. The van der Waals surface area contributed by atoms with Crippen LogP contribution in [0.1, 0.15) is 38.3 Å². The Morgan fingerprint density at radius 3 is 2.64 bits per heavy atom. The van der Waals surface area contributed by atoms with Crippen molar-refractivity contribution in [1.82, 2.24) is 10.3 Å². The SMILES string of the molecule is COc1ccc([C@@H]2N=C(Nc3nc4ccccc4o3)NC3=C2C(=O)CC(C)(C)C3)cc1OC. The van der Waals surface area contributed by atoms with E-state index in [0.717, 1.165) is 23.2 Å². The lowest BCUT2D eigenvalue weighted by Crippen LogP contribution is -2.41. The van der Waals surface area contributed by atoms with Gasteiger partial charge in [0.1, 0.15) is 11.6 Å². The summed E-state index contributed by atoms with van der Waals surface area (Å²) in [6.45, 7) is 4.20. The second-order valence-electron chi connectivity index (χ2n) is 9.06. The maximum Gasteiger partial charge on any atom is 0.302 e. The lowest BCUT2D eigenvalue weighted by atomic mass is 9.73. The van der Waals surface area contributed by atoms with Gasteiger partial charge in [0.25, 0.3) is 0 Å². The van der Waals surface area contributed by atoms with E-state index < -0.39 is 6.04 Å². The monoisotopic (exact) mass is 446 g/mol. The van der Waals surface area contributed by atoms with Gasteiger partial charge in [-0.3, -0.25) is 10.1 Å². The Morgan fingerprint density at radius 2 is 1.88 bits per heavy atom. The van der Waals surface area contributed by atoms with Crippen molar-refractivity contribution in [1.29, 1.82) is 0 Å². The zero-order valence-electron chi connectivity index (χ0n) is 19.1. The number of aliphatic imine (C=N–C) groups is 1. The summed E-state index contributed by atoms with van der Waals surface area (Å²) in [5.41, 5.74) is 3.68. The number of hydrogen-bond acceptors (Lipinski definition) is 8. The third-order valence-electron chi connectivity index (χ3n) is 5.96. The van der Waals surface area contributed by atoms with Crippen molar-refractivity contribution < 1.29 is 18.7 Å². The van der Waals surface area contributed by atoms with Gasteiger partial charge in [0, 0.05) is 17.7 Å². The number of carbonyl (C=O) groups excluding carboxylic acids is 1. The first-order chi connectivity index (χ1) is 15.9. The topological polar surface area (TPSA) is 98.0 Å². The van der Waals surface area contributed by atoms with Crippen LogP contribution < -0.4 is 20.1 Å². The van der Waals surface area contributed by atoms with Crippen LogP contribution in [0, 0.1) is 5.41 Å². The van der Waals surface area contributed by atoms with Gasteiger partial charge in [-0.1, -0.05) is 32.0 Å². The molecule has 3 aromatic rings. The number of guanidine groups is 1. The first-order valence-corrected chi connectivity index (χ1v) is 10.8. The van der Waals surface area contributed by atoms with Gasteiger partial charge in [0.05, 0.1) is 14.2 Å². The van der Waals surface area contributed by atoms with Crippen LogP contribution in [-0.2, 0) is 4.79 Å². The molecule has 0 spiro atoms. The van der Waals surface area contributed by atoms with Gasteiger partial charge < -0.3 is 19.2 Å². The van der Waals surface area contributed by atoms with Gasteiger partial charge in [0.15, 0.2) is 22.9 Å². The van der Waals surface area contributed by atoms with Crippen molar-refractivity contribution in [3.05, 3.63) is 59.3 Å². The second-order valence-corrected chi connectivity index (χ2v) is 9.06. The molecule has 2 heterocycles. The number of hydrogen-bond donors (Lipinski definition) is 2. The molecular weight excluding hydrogens is 420 g/mol. The smallest absolute Gasteiger partial charge is 0.302 e.